The fourth-order valence-corrected chi connectivity index (χ4v) is 3.95. The number of nitrogens with zero attached hydrogens (tertiary/aromatic N) is 3. The Bertz CT molecular complexity index is 1010. The third-order valence-corrected chi connectivity index (χ3v) is 5.70. The summed E-state index contributed by atoms with van der Waals surface area (Å²) in [6.45, 7) is 2.39. The Morgan fingerprint density at radius 3 is 2.71 bits per heavy atom. The second kappa shape index (κ2) is 9.32. The molecule has 3 rings (SSSR count). The van der Waals surface area contributed by atoms with Gasteiger partial charge in [-0.15, -0.1) is 4.31 Å². The fourth-order valence-electron chi connectivity index (χ4n) is 2.69. The van der Waals surface area contributed by atoms with E-state index in [0.29, 0.717) is 10.6 Å². The molecule has 0 N–H and O–H groups in total. The number of pyridine rings is 1. The van der Waals surface area contributed by atoms with Crippen molar-refractivity contribution in [3.05, 3.63) is 59.0 Å². The van der Waals surface area contributed by atoms with Crippen molar-refractivity contribution in [1.82, 2.24) is 9.29 Å². The number of benzene rings is 1. The lowest BCUT2D eigenvalue weighted by molar-refractivity contribution is -0.153. The summed E-state index contributed by atoms with van der Waals surface area (Å²) in [5, 5.41) is 9.56. The van der Waals surface area contributed by atoms with E-state index in [9.17, 15) is 22.1 Å². The van der Waals surface area contributed by atoms with Crippen LogP contribution in [0.3, 0.4) is 0 Å². The standard InChI is InChI=1S/C19H14ClF4N3O3S/c1-11-8-27(31(28)18-3-2-13(20)7-26-18)9-17(11)30-16-5-14(21)12(6-25)4-15(16)29-10-19(22,23)24/h2-5,7,17H,1,8-10H2/t17-,31?/m0/s1. The molecular formula is C19H14ClF4N3O3S. The van der Waals surface area contributed by atoms with Gasteiger partial charge in [-0.25, -0.2) is 9.37 Å². The smallest absolute Gasteiger partial charge is 0.422 e. The van der Waals surface area contributed by atoms with E-state index in [2.05, 4.69) is 11.6 Å². The molecule has 12 heteroatoms. The normalized spacial score (nSPS) is 18.0. The molecule has 0 bridgehead atoms. The van der Waals surface area contributed by atoms with E-state index in [0.717, 1.165) is 12.1 Å². The Hall–Kier alpha value is -2.52. The number of hydrogen-bond acceptors (Lipinski definition) is 6. The highest BCUT2D eigenvalue weighted by molar-refractivity contribution is 7.89. The summed E-state index contributed by atoms with van der Waals surface area (Å²) in [6, 6.07) is 6.17. The highest BCUT2D eigenvalue weighted by atomic mass is 35.5. The molecule has 1 fully saturated rings. The van der Waals surface area contributed by atoms with Gasteiger partial charge in [-0.2, -0.15) is 18.4 Å². The lowest BCUT2D eigenvalue weighted by Gasteiger charge is -2.20. The topological polar surface area (TPSA) is 81.4 Å². The zero-order valence-corrected chi connectivity index (χ0v) is 17.2. The number of halogens is 5. The summed E-state index contributed by atoms with van der Waals surface area (Å²) in [5.74, 6) is -1.75. The zero-order chi connectivity index (χ0) is 22.8. The number of nitriles is 1. The molecule has 2 heterocycles. The molecule has 164 valence electrons. The Morgan fingerprint density at radius 2 is 2.10 bits per heavy atom. The van der Waals surface area contributed by atoms with E-state index in [-0.39, 0.29) is 23.9 Å². The minimum atomic E-state index is -4.64. The van der Waals surface area contributed by atoms with Gasteiger partial charge >= 0.3 is 6.18 Å². The molecule has 0 spiro atoms. The largest absolute Gasteiger partial charge is 0.591 e. The quantitative estimate of drug-likeness (QED) is 0.356. The summed E-state index contributed by atoms with van der Waals surface area (Å²) in [6.07, 6.45) is -4.11. The lowest BCUT2D eigenvalue weighted by Crippen LogP contribution is -2.31. The van der Waals surface area contributed by atoms with Crippen LogP contribution in [0.5, 0.6) is 11.5 Å². The maximum absolute atomic E-state index is 14.1. The van der Waals surface area contributed by atoms with E-state index in [1.807, 2.05) is 0 Å². The third kappa shape index (κ3) is 5.80. The number of aromatic nitrogens is 1. The van der Waals surface area contributed by atoms with Crippen molar-refractivity contribution in [2.75, 3.05) is 19.7 Å². The van der Waals surface area contributed by atoms with Gasteiger partial charge in [0, 0.05) is 18.2 Å². The summed E-state index contributed by atoms with van der Waals surface area (Å²) in [5.41, 5.74) is -0.0276. The molecule has 1 saturated heterocycles. The Labute approximate surface area is 183 Å². The van der Waals surface area contributed by atoms with Crippen LogP contribution >= 0.6 is 11.6 Å². The Morgan fingerprint density at radius 1 is 1.35 bits per heavy atom. The van der Waals surface area contributed by atoms with Gasteiger partial charge in [0.15, 0.2) is 18.1 Å². The molecule has 31 heavy (non-hydrogen) atoms. The molecule has 2 atom stereocenters. The average Bonchev–Trinajstić information content (AvgIpc) is 3.07. The zero-order valence-electron chi connectivity index (χ0n) is 15.7. The molecule has 1 aromatic heterocycles. The van der Waals surface area contributed by atoms with E-state index in [1.165, 1.54) is 28.7 Å². The first-order valence-corrected chi connectivity index (χ1v) is 10.1. The van der Waals surface area contributed by atoms with Crippen LogP contribution in [0.2, 0.25) is 5.02 Å². The molecular weight excluding hydrogens is 462 g/mol. The third-order valence-electron chi connectivity index (χ3n) is 4.13. The average molecular weight is 476 g/mol. The van der Waals surface area contributed by atoms with E-state index < -0.39 is 47.4 Å². The van der Waals surface area contributed by atoms with Crippen LogP contribution in [0.4, 0.5) is 17.6 Å². The SMILES string of the molecule is C=C1CN([S+]([O-])c2ccc(Cl)cn2)C[C@@H]1Oc1cc(F)c(C#N)cc1OCC(F)(F)F. The molecule has 0 saturated carbocycles. The van der Waals surface area contributed by atoms with Crippen LogP contribution < -0.4 is 9.47 Å². The molecule has 1 aliphatic rings. The van der Waals surface area contributed by atoms with Gasteiger partial charge in [0.2, 0.25) is 0 Å². The van der Waals surface area contributed by atoms with Gasteiger partial charge in [0.1, 0.15) is 29.4 Å². The Kier molecular flexibility index (Phi) is 6.96. The maximum Gasteiger partial charge on any atom is 0.422 e. The molecule has 1 aliphatic heterocycles. The molecule has 6 nitrogen and oxygen atoms in total. The Balaban J connectivity index is 1.78. The van der Waals surface area contributed by atoms with Gasteiger partial charge in [-0.3, -0.25) is 0 Å². The molecule has 0 radical (unpaired) electrons. The predicted molar refractivity (Wildman–Crippen MR) is 103 cm³/mol. The lowest BCUT2D eigenvalue weighted by atomic mass is 10.2. The second-order valence-electron chi connectivity index (χ2n) is 6.45. The summed E-state index contributed by atoms with van der Waals surface area (Å²) in [4.78, 5) is 4.00. The minimum absolute atomic E-state index is 0.0517. The maximum atomic E-state index is 14.1. The van der Waals surface area contributed by atoms with Crippen LogP contribution in [-0.4, -0.2) is 45.8 Å². The molecule has 0 aliphatic carbocycles. The molecule has 2 aromatic rings. The summed E-state index contributed by atoms with van der Waals surface area (Å²) in [7, 11) is 0. The van der Waals surface area contributed by atoms with Crippen LogP contribution in [0.25, 0.3) is 0 Å². The van der Waals surface area contributed by atoms with Crippen molar-refractivity contribution < 1.29 is 31.6 Å². The van der Waals surface area contributed by atoms with Crippen LogP contribution in [-0.2, 0) is 11.4 Å². The van der Waals surface area contributed by atoms with Crippen molar-refractivity contribution >= 4 is 23.0 Å². The van der Waals surface area contributed by atoms with Gasteiger partial charge < -0.3 is 14.0 Å². The highest BCUT2D eigenvalue weighted by Crippen LogP contribution is 2.35. The highest BCUT2D eigenvalue weighted by Gasteiger charge is 2.37. The molecule has 1 unspecified atom stereocenters. The van der Waals surface area contributed by atoms with Crippen molar-refractivity contribution in [2.24, 2.45) is 0 Å². The van der Waals surface area contributed by atoms with Crippen LogP contribution in [0.1, 0.15) is 5.56 Å². The van der Waals surface area contributed by atoms with Gasteiger partial charge in [-0.1, -0.05) is 18.2 Å². The van der Waals surface area contributed by atoms with E-state index >= 15 is 0 Å². The predicted octanol–water partition coefficient (Wildman–Crippen LogP) is 4.03. The minimum Gasteiger partial charge on any atom is -0.591 e. The van der Waals surface area contributed by atoms with Crippen molar-refractivity contribution in [1.29, 1.82) is 5.26 Å². The van der Waals surface area contributed by atoms with E-state index in [4.69, 9.17) is 26.3 Å². The van der Waals surface area contributed by atoms with Crippen molar-refractivity contribution in [3.8, 4) is 17.6 Å². The van der Waals surface area contributed by atoms with Crippen molar-refractivity contribution in [3.63, 3.8) is 0 Å². The second-order valence-corrected chi connectivity index (χ2v) is 8.31. The van der Waals surface area contributed by atoms with Crippen LogP contribution in [0, 0.1) is 17.1 Å². The fraction of sp³-hybridized carbons (Fsp3) is 0.263. The van der Waals surface area contributed by atoms with E-state index in [1.54, 1.807) is 0 Å². The molecule has 0 amide bonds. The van der Waals surface area contributed by atoms with Gasteiger partial charge in [0.05, 0.1) is 29.9 Å². The first kappa shape index (κ1) is 23.1. The summed E-state index contributed by atoms with van der Waals surface area (Å²) >= 11 is 4.10. The van der Waals surface area contributed by atoms with Crippen molar-refractivity contribution in [2.45, 2.75) is 17.3 Å². The number of hydrogen-bond donors (Lipinski definition) is 0. The first-order valence-electron chi connectivity index (χ1n) is 8.63. The summed E-state index contributed by atoms with van der Waals surface area (Å²) < 4.78 is 76.3. The van der Waals surface area contributed by atoms with Gasteiger partial charge in [-0.05, 0) is 11.6 Å². The monoisotopic (exact) mass is 475 g/mol. The number of ether oxygens (including phenoxy) is 2. The number of alkyl halides is 3. The number of rotatable bonds is 6. The molecule has 1 aromatic carbocycles. The first-order chi connectivity index (χ1) is 14.6. The van der Waals surface area contributed by atoms with Gasteiger partial charge in [0.25, 0.3) is 5.03 Å². The van der Waals surface area contributed by atoms with Crippen LogP contribution in [0.15, 0.2) is 47.6 Å².